The van der Waals surface area contributed by atoms with Gasteiger partial charge < -0.3 is 4.74 Å². The molecule has 0 heterocycles. The van der Waals surface area contributed by atoms with Crippen LogP contribution in [-0.2, 0) is 9.53 Å². The van der Waals surface area contributed by atoms with E-state index in [4.69, 9.17) is 4.74 Å². The van der Waals surface area contributed by atoms with Gasteiger partial charge in [-0.05, 0) is 59.8 Å². The first-order valence-corrected chi connectivity index (χ1v) is 7.63. The lowest BCUT2D eigenvalue weighted by molar-refractivity contribution is -0.128. The molecule has 3 rings (SSSR count). The fourth-order valence-corrected chi connectivity index (χ4v) is 5.56. The molecule has 0 aliphatic heterocycles. The van der Waals surface area contributed by atoms with Crippen LogP contribution < -0.4 is 0 Å². The van der Waals surface area contributed by atoms with Crippen LogP contribution in [-0.4, -0.2) is 13.1 Å². The van der Waals surface area contributed by atoms with Crippen molar-refractivity contribution in [2.24, 2.45) is 22.2 Å². The molecule has 2 bridgehead atoms. The zero-order chi connectivity index (χ0) is 13.9. The highest BCUT2D eigenvalue weighted by molar-refractivity contribution is 5.43. The Kier molecular flexibility index (Phi) is 2.69. The Morgan fingerprint density at radius 2 is 2.00 bits per heavy atom. The van der Waals surface area contributed by atoms with E-state index < -0.39 is 0 Å². The number of ether oxygens (including phenoxy) is 1. The molecule has 0 aromatic heterocycles. The van der Waals surface area contributed by atoms with Crippen molar-refractivity contribution in [3.63, 3.8) is 0 Å². The summed E-state index contributed by atoms with van der Waals surface area (Å²) in [7, 11) is 0. The fraction of sp³-hybridized carbons (Fsp3) is 0.824. The number of hydrogen-bond acceptors (Lipinski definition) is 2. The molecule has 0 aromatic carbocycles. The van der Waals surface area contributed by atoms with Crippen molar-refractivity contribution >= 4 is 6.47 Å². The Hall–Kier alpha value is -0.790. The van der Waals surface area contributed by atoms with E-state index in [0.29, 0.717) is 29.3 Å². The van der Waals surface area contributed by atoms with E-state index in [1.54, 1.807) is 5.57 Å². The van der Waals surface area contributed by atoms with Gasteiger partial charge in [0, 0.05) is 0 Å². The molecule has 2 fully saturated rings. The van der Waals surface area contributed by atoms with Gasteiger partial charge in [-0.3, -0.25) is 4.79 Å². The number of allylic oxidation sites excluding steroid dienone is 1. The van der Waals surface area contributed by atoms with Gasteiger partial charge in [-0.1, -0.05) is 33.3 Å². The Morgan fingerprint density at radius 3 is 2.68 bits per heavy atom. The van der Waals surface area contributed by atoms with Gasteiger partial charge in [0.15, 0.2) is 0 Å². The molecule has 0 aromatic rings. The molecule has 0 amide bonds. The second kappa shape index (κ2) is 3.86. The van der Waals surface area contributed by atoms with Gasteiger partial charge in [-0.25, -0.2) is 0 Å². The van der Waals surface area contributed by atoms with Crippen LogP contribution in [0.5, 0.6) is 0 Å². The Morgan fingerprint density at radius 1 is 1.26 bits per heavy atom. The second-order valence-corrected chi connectivity index (χ2v) is 8.01. The zero-order valence-corrected chi connectivity index (χ0v) is 12.7. The third kappa shape index (κ3) is 1.52. The maximum absolute atomic E-state index is 10.5. The molecule has 0 unspecified atom stereocenters. The smallest absolute Gasteiger partial charge is 0.293 e. The maximum Gasteiger partial charge on any atom is 0.293 e. The lowest BCUT2D eigenvalue weighted by Gasteiger charge is -2.52. The highest BCUT2D eigenvalue weighted by Crippen LogP contribution is 2.74. The molecule has 3 aliphatic carbocycles. The van der Waals surface area contributed by atoms with E-state index in [-0.39, 0.29) is 0 Å². The summed E-state index contributed by atoms with van der Waals surface area (Å²) in [6.07, 6.45) is 6.41. The highest BCUT2D eigenvalue weighted by Gasteiger charge is 2.65. The molecule has 0 radical (unpaired) electrons. The lowest BCUT2D eigenvalue weighted by atomic mass is 9.52. The van der Waals surface area contributed by atoms with Gasteiger partial charge in [0.25, 0.3) is 6.47 Å². The topological polar surface area (TPSA) is 26.3 Å². The summed E-state index contributed by atoms with van der Waals surface area (Å²) in [6, 6.07) is 0. The standard InChI is InChI=1S/C17H26O2/c1-15(2)7-5-12(10-19-11-18)14-16(3,4)13-6-8-17(14,15)9-13/h11,13H,5-10H2,1-4H3/t13-,17-/m0/s1. The molecule has 2 heteroatoms. The monoisotopic (exact) mass is 262 g/mol. The van der Waals surface area contributed by atoms with Gasteiger partial charge >= 0.3 is 0 Å². The molecule has 106 valence electrons. The molecule has 2 atom stereocenters. The number of carbonyl (C=O) groups excluding carboxylic acids is 1. The molecule has 1 spiro atoms. The van der Waals surface area contributed by atoms with Crippen molar-refractivity contribution in [1.29, 1.82) is 0 Å². The maximum atomic E-state index is 10.5. The minimum absolute atomic E-state index is 0.303. The quantitative estimate of drug-likeness (QED) is 0.565. The third-order valence-corrected chi connectivity index (χ3v) is 6.68. The first-order valence-electron chi connectivity index (χ1n) is 7.63. The van der Waals surface area contributed by atoms with Crippen LogP contribution in [0.4, 0.5) is 0 Å². The molecular weight excluding hydrogens is 236 g/mol. The molecular formula is C17H26O2. The Bertz CT molecular complexity index is 444. The third-order valence-electron chi connectivity index (χ3n) is 6.68. The SMILES string of the molecule is CC1(C)C2=C(COC=O)CCC(C)(C)[C@]23CC[C@H]1C3. The predicted molar refractivity (Wildman–Crippen MR) is 75.6 cm³/mol. The minimum Gasteiger partial charge on any atom is -0.463 e. The highest BCUT2D eigenvalue weighted by atomic mass is 16.5. The Labute approximate surface area is 116 Å². The number of rotatable bonds is 3. The van der Waals surface area contributed by atoms with E-state index in [1.807, 2.05) is 0 Å². The van der Waals surface area contributed by atoms with Crippen molar-refractivity contribution in [2.75, 3.05) is 6.61 Å². The van der Waals surface area contributed by atoms with E-state index in [0.717, 1.165) is 12.3 Å². The fourth-order valence-electron chi connectivity index (χ4n) is 5.56. The second-order valence-electron chi connectivity index (χ2n) is 8.01. The average Bonchev–Trinajstić information content (AvgIpc) is 2.85. The molecule has 0 saturated heterocycles. The summed E-state index contributed by atoms with van der Waals surface area (Å²) in [5, 5.41) is 0. The molecule has 2 nitrogen and oxygen atoms in total. The van der Waals surface area contributed by atoms with Crippen molar-refractivity contribution in [3.8, 4) is 0 Å². The lowest BCUT2D eigenvalue weighted by Crippen LogP contribution is -2.43. The Balaban J connectivity index is 2.12. The first kappa shape index (κ1) is 13.2. The number of hydrogen-bond donors (Lipinski definition) is 0. The number of carbonyl (C=O) groups is 1. The summed E-state index contributed by atoms with van der Waals surface area (Å²) in [4.78, 5) is 10.5. The van der Waals surface area contributed by atoms with E-state index in [2.05, 4.69) is 27.7 Å². The van der Waals surface area contributed by atoms with Crippen molar-refractivity contribution < 1.29 is 9.53 Å². The predicted octanol–water partition coefficient (Wildman–Crippen LogP) is 4.10. The van der Waals surface area contributed by atoms with Gasteiger partial charge in [0.2, 0.25) is 0 Å². The molecule has 0 N–H and O–H groups in total. The van der Waals surface area contributed by atoms with E-state index in [1.165, 1.54) is 31.3 Å². The van der Waals surface area contributed by atoms with Crippen LogP contribution in [0.1, 0.15) is 59.8 Å². The molecule has 3 aliphatic rings. The van der Waals surface area contributed by atoms with Gasteiger partial charge in [-0.15, -0.1) is 0 Å². The van der Waals surface area contributed by atoms with E-state index in [9.17, 15) is 4.79 Å². The molecule has 19 heavy (non-hydrogen) atoms. The van der Waals surface area contributed by atoms with Crippen LogP contribution in [0, 0.1) is 22.2 Å². The van der Waals surface area contributed by atoms with E-state index >= 15 is 0 Å². The summed E-state index contributed by atoms with van der Waals surface area (Å²) in [6.45, 7) is 10.8. The summed E-state index contributed by atoms with van der Waals surface area (Å²) < 4.78 is 5.11. The van der Waals surface area contributed by atoms with Crippen LogP contribution in [0.15, 0.2) is 11.1 Å². The first-order chi connectivity index (χ1) is 8.85. The summed E-state index contributed by atoms with van der Waals surface area (Å²) in [5.74, 6) is 0.825. The van der Waals surface area contributed by atoms with Gasteiger partial charge in [0.05, 0.1) is 0 Å². The van der Waals surface area contributed by atoms with Crippen molar-refractivity contribution in [2.45, 2.75) is 59.8 Å². The number of fused-ring (bicyclic) bond motifs is 1. The van der Waals surface area contributed by atoms with Crippen LogP contribution >= 0.6 is 0 Å². The largest absolute Gasteiger partial charge is 0.463 e. The summed E-state index contributed by atoms with van der Waals surface area (Å²) in [5.41, 5.74) is 4.18. The van der Waals surface area contributed by atoms with Crippen LogP contribution in [0.3, 0.4) is 0 Å². The van der Waals surface area contributed by atoms with Crippen molar-refractivity contribution in [1.82, 2.24) is 0 Å². The molecule has 2 saturated carbocycles. The minimum atomic E-state index is 0.303. The zero-order valence-electron chi connectivity index (χ0n) is 12.7. The normalized spacial score (nSPS) is 38.2. The van der Waals surface area contributed by atoms with Gasteiger partial charge in [0.1, 0.15) is 6.61 Å². The van der Waals surface area contributed by atoms with Crippen molar-refractivity contribution in [3.05, 3.63) is 11.1 Å². The van der Waals surface area contributed by atoms with Gasteiger partial charge in [-0.2, -0.15) is 0 Å². The summed E-state index contributed by atoms with van der Waals surface area (Å²) >= 11 is 0. The van der Waals surface area contributed by atoms with Crippen LogP contribution in [0.2, 0.25) is 0 Å². The average molecular weight is 262 g/mol. The van der Waals surface area contributed by atoms with Crippen LogP contribution in [0.25, 0.3) is 0 Å².